The smallest absolute Gasteiger partial charge is 0.0951 e. The van der Waals surface area contributed by atoms with Crippen LogP contribution in [0.4, 0.5) is 0 Å². The number of hydrogen-bond acceptors (Lipinski definition) is 2. The predicted octanol–water partition coefficient (Wildman–Crippen LogP) is 3.91. The van der Waals surface area contributed by atoms with E-state index < -0.39 is 0 Å². The fourth-order valence-electron chi connectivity index (χ4n) is 2.18. The van der Waals surface area contributed by atoms with Gasteiger partial charge in [0.1, 0.15) is 0 Å². The number of imidazole rings is 1. The van der Waals surface area contributed by atoms with Gasteiger partial charge in [-0.3, -0.25) is 0 Å². The van der Waals surface area contributed by atoms with Crippen LogP contribution in [0.3, 0.4) is 0 Å². The van der Waals surface area contributed by atoms with E-state index in [1.165, 1.54) is 37.8 Å². The minimum atomic E-state index is 0.521. The van der Waals surface area contributed by atoms with Gasteiger partial charge in [0.15, 0.2) is 0 Å². The summed E-state index contributed by atoms with van der Waals surface area (Å²) in [7, 11) is 0. The second-order valence-electron chi connectivity index (χ2n) is 5.53. The Morgan fingerprint density at radius 3 is 2.67 bits per heavy atom. The molecule has 0 aliphatic carbocycles. The van der Waals surface area contributed by atoms with Crippen LogP contribution in [0, 0.1) is 0 Å². The van der Waals surface area contributed by atoms with Gasteiger partial charge in [0.2, 0.25) is 0 Å². The highest BCUT2D eigenvalue weighted by Crippen LogP contribution is 2.17. The third kappa shape index (κ3) is 5.21. The van der Waals surface area contributed by atoms with E-state index in [0.29, 0.717) is 12.1 Å². The highest BCUT2D eigenvalue weighted by Gasteiger charge is 2.09. The van der Waals surface area contributed by atoms with Gasteiger partial charge in [-0.1, -0.05) is 46.5 Å². The Bertz CT molecular complexity index is 317. The molecule has 1 rings (SSSR count). The summed E-state index contributed by atoms with van der Waals surface area (Å²) in [5, 5.41) is 3.46. The molecule has 1 unspecified atom stereocenters. The van der Waals surface area contributed by atoms with Gasteiger partial charge >= 0.3 is 0 Å². The van der Waals surface area contributed by atoms with E-state index in [9.17, 15) is 0 Å². The van der Waals surface area contributed by atoms with Crippen LogP contribution in [0.2, 0.25) is 0 Å². The van der Waals surface area contributed by atoms with Gasteiger partial charge in [-0.05, 0) is 13.3 Å². The van der Waals surface area contributed by atoms with E-state index in [0.717, 1.165) is 6.54 Å². The molecule has 0 radical (unpaired) electrons. The average molecular weight is 251 g/mol. The standard InChI is InChI=1S/C15H29N3/c1-5-6-7-8-9-14(4)18-12-16-10-15(18)11-17-13(2)3/h10,12-14,17H,5-9,11H2,1-4H3. The number of rotatable bonds is 9. The molecule has 104 valence electrons. The van der Waals surface area contributed by atoms with Gasteiger partial charge in [-0.15, -0.1) is 0 Å². The molecule has 0 saturated heterocycles. The van der Waals surface area contributed by atoms with Crippen molar-refractivity contribution in [2.45, 2.75) is 78.4 Å². The fourth-order valence-corrected chi connectivity index (χ4v) is 2.18. The van der Waals surface area contributed by atoms with E-state index in [2.05, 4.69) is 42.6 Å². The molecule has 0 fully saturated rings. The largest absolute Gasteiger partial charge is 0.331 e. The van der Waals surface area contributed by atoms with Gasteiger partial charge < -0.3 is 9.88 Å². The topological polar surface area (TPSA) is 29.9 Å². The molecule has 3 nitrogen and oxygen atoms in total. The molecule has 3 heteroatoms. The summed E-state index contributed by atoms with van der Waals surface area (Å²) in [6.45, 7) is 9.82. The first-order chi connectivity index (χ1) is 8.65. The zero-order valence-corrected chi connectivity index (χ0v) is 12.4. The quantitative estimate of drug-likeness (QED) is 0.674. The second kappa shape index (κ2) is 8.30. The molecule has 1 aromatic heterocycles. The van der Waals surface area contributed by atoms with Gasteiger partial charge in [-0.25, -0.2) is 4.98 Å². The molecule has 0 bridgehead atoms. The summed E-state index contributed by atoms with van der Waals surface area (Å²) >= 11 is 0. The Balaban J connectivity index is 2.41. The maximum atomic E-state index is 4.29. The summed E-state index contributed by atoms with van der Waals surface area (Å²) in [5.74, 6) is 0. The minimum Gasteiger partial charge on any atom is -0.331 e. The lowest BCUT2D eigenvalue weighted by atomic mass is 10.1. The summed E-state index contributed by atoms with van der Waals surface area (Å²) in [6, 6.07) is 1.08. The van der Waals surface area contributed by atoms with E-state index in [4.69, 9.17) is 0 Å². The fraction of sp³-hybridized carbons (Fsp3) is 0.800. The summed E-state index contributed by atoms with van der Waals surface area (Å²) in [6.07, 6.45) is 10.6. The van der Waals surface area contributed by atoms with Gasteiger partial charge in [0, 0.05) is 24.8 Å². The van der Waals surface area contributed by atoms with Crippen molar-refractivity contribution in [3.05, 3.63) is 18.2 Å². The first-order valence-electron chi connectivity index (χ1n) is 7.39. The number of nitrogens with zero attached hydrogens (tertiary/aromatic N) is 2. The van der Waals surface area contributed by atoms with Crippen molar-refractivity contribution in [2.75, 3.05) is 0 Å². The lowest BCUT2D eigenvalue weighted by molar-refractivity contribution is 0.450. The maximum absolute atomic E-state index is 4.29. The van der Waals surface area contributed by atoms with Crippen LogP contribution in [-0.4, -0.2) is 15.6 Å². The van der Waals surface area contributed by atoms with E-state index in [1.54, 1.807) is 0 Å². The van der Waals surface area contributed by atoms with Crippen LogP contribution in [0.5, 0.6) is 0 Å². The molecule has 1 aromatic rings. The van der Waals surface area contributed by atoms with Crippen LogP contribution >= 0.6 is 0 Å². The lowest BCUT2D eigenvalue weighted by Crippen LogP contribution is -2.24. The Labute approximate surface area is 112 Å². The summed E-state index contributed by atoms with van der Waals surface area (Å²) < 4.78 is 2.32. The molecular formula is C15H29N3. The molecule has 1 atom stereocenters. The molecule has 18 heavy (non-hydrogen) atoms. The summed E-state index contributed by atoms with van der Waals surface area (Å²) in [5.41, 5.74) is 1.30. The number of aromatic nitrogens is 2. The zero-order chi connectivity index (χ0) is 13.4. The number of hydrogen-bond donors (Lipinski definition) is 1. The van der Waals surface area contributed by atoms with Crippen LogP contribution in [0.25, 0.3) is 0 Å². The number of unbranched alkanes of at least 4 members (excludes halogenated alkanes) is 3. The van der Waals surface area contributed by atoms with E-state index in [-0.39, 0.29) is 0 Å². The first-order valence-corrected chi connectivity index (χ1v) is 7.39. The van der Waals surface area contributed by atoms with Crippen molar-refractivity contribution >= 4 is 0 Å². The zero-order valence-electron chi connectivity index (χ0n) is 12.4. The lowest BCUT2D eigenvalue weighted by Gasteiger charge is -2.17. The molecule has 0 aliphatic heterocycles. The van der Waals surface area contributed by atoms with Gasteiger partial charge in [-0.2, -0.15) is 0 Å². The molecule has 1 heterocycles. The Hall–Kier alpha value is -0.830. The Kier molecular flexibility index (Phi) is 7.02. The van der Waals surface area contributed by atoms with Gasteiger partial charge in [0.25, 0.3) is 0 Å². The molecule has 0 aliphatic rings. The van der Waals surface area contributed by atoms with E-state index in [1.807, 2.05) is 12.5 Å². The molecule has 0 amide bonds. The van der Waals surface area contributed by atoms with Crippen molar-refractivity contribution in [1.29, 1.82) is 0 Å². The monoisotopic (exact) mass is 251 g/mol. The molecule has 0 saturated carbocycles. The van der Waals surface area contributed by atoms with Crippen LogP contribution in [0.15, 0.2) is 12.5 Å². The van der Waals surface area contributed by atoms with E-state index >= 15 is 0 Å². The van der Waals surface area contributed by atoms with Crippen LogP contribution in [0.1, 0.15) is 71.5 Å². The van der Waals surface area contributed by atoms with Crippen molar-refractivity contribution in [3.63, 3.8) is 0 Å². The van der Waals surface area contributed by atoms with Crippen LogP contribution < -0.4 is 5.32 Å². The third-order valence-corrected chi connectivity index (χ3v) is 3.39. The highest BCUT2D eigenvalue weighted by molar-refractivity contribution is 5.00. The molecular weight excluding hydrogens is 222 g/mol. The van der Waals surface area contributed by atoms with Crippen molar-refractivity contribution in [2.24, 2.45) is 0 Å². The normalized spacial score (nSPS) is 13.2. The Morgan fingerprint density at radius 1 is 1.22 bits per heavy atom. The molecule has 0 aromatic carbocycles. The van der Waals surface area contributed by atoms with Crippen LogP contribution in [-0.2, 0) is 6.54 Å². The SMILES string of the molecule is CCCCCCC(C)n1cncc1CNC(C)C. The Morgan fingerprint density at radius 2 is 2.00 bits per heavy atom. The number of nitrogens with one attached hydrogen (secondary N) is 1. The average Bonchev–Trinajstić information content (AvgIpc) is 2.80. The van der Waals surface area contributed by atoms with Gasteiger partial charge in [0.05, 0.1) is 12.0 Å². The molecule has 1 N–H and O–H groups in total. The molecule has 0 spiro atoms. The maximum Gasteiger partial charge on any atom is 0.0951 e. The second-order valence-corrected chi connectivity index (χ2v) is 5.53. The third-order valence-electron chi connectivity index (χ3n) is 3.39. The van der Waals surface area contributed by atoms with Crippen molar-refractivity contribution in [1.82, 2.24) is 14.9 Å². The summed E-state index contributed by atoms with van der Waals surface area (Å²) in [4.78, 5) is 4.29. The highest BCUT2D eigenvalue weighted by atomic mass is 15.1. The van der Waals surface area contributed by atoms with Crippen molar-refractivity contribution < 1.29 is 0 Å². The first kappa shape index (κ1) is 15.2. The van der Waals surface area contributed by atoms with Crippen molar-refractivity contribution in [3.8, 4) is 0 Å². The predicted molar refractivity (Wildman–Crippen MR) is 77.7 cm³/mol. The minimum absolute atomic E-state index is 0.521.